The molecule has 0 saturated carbocycles. The first-order chi connectivity index (χ1) is 14.9. The Morgan fingerprint density at radius 1 is 1.06 bits per heavy atom. The molecule has 0 amide bonds. The van der Waals surface area contributed by atoms with Crippen LogP contribution in [-0.2, 0) is 16.6 Å². The van der Waals surface area contributed by atoms with Crippen LogP contribution in [0.4, 0.5) is 10.8 Å². The molecule has 4 aromatic rings. The summed E-state index contributed by atoms with van der Waals surface area (Å²) in [5.74, 6) is -0.0445. The summed E-state index contributed by atoms with van der Waals surface area (Å²) in [4.78, 5) is 17.8. The molecule has 0 aliphatic heterocycles. The second-order valence-corrected chi connectivity index (χ2v) is 10.4. The van der Waals surface area contributed by atoms with Gasteiger partial charge in [-0.1, -0.05) is 47.7 Å². The molecule has 0 unspecified atom stereocenters. The normalized spacial score (nSPS) is 11.4. The van der Waals surface area contributed by atoms with Crippen LogP contribution in [0.5, 0.6) is 0 Å². The van der Waals surface area contributed by atoms with Gasteiger partial charge in [0.1, 0.15) is 0 Å². The third-order valence-corrected chi connectivity index (χ3v) is 7.74. The minimum absolute atomic E-state index is 0.0445. The third-order valence-electron chi connectivity index (χ3n) is 4.60. The average Bonchev–Trinajstić information content (AvgIpc) is 3.46. The highest BCUT2D eigenvalue weighted by atomic mass is 32.2. The van der Waals surface area contributed by atoms with E-state index >= 15 is 0 Å². The third kappa shape index (κ3) is 5.08. The zero-order chi connectivity index (χ0) is 21.8. The van der Waals surface area contributed by atoms with Crippen molar-refractivity contribution in [1.29, 1.82) is 0 Å². The fraction of sp³-hybridized carbons (Fsp3) is 0.0909. The molecule has 0 spiro atoms. The Bertz CT molecular complexity index is 1300. The first kappa shape index (κ1) is 21.4. The van der Waals surface area contributed by atoms with Crippen LogP contribution in [0.3, 0.4) is 0 Å². The van der Waals surface area contributed by atoms with Gasteiger partial charge in [0.2, 0.25) is 15.8 Å². The van der Waals surface area contributed by atoms with E-state index in [2.05, 4.69) is 15.0 Å². The van der Waals surface area contributed by atoms with Crippen molar-refractivity contribution >= 4 is 49.3 Å². The molecule has 0 bridgehead atoms. The fourth-order valence-electron chi connectivity index (χ4n) is 2.89. The van der Waals surface area contributed by atoms with E-state index < -0.39 is 10.0 Å². The fourth-order valence-corrected chi connectivity index (χ4v) is 5.73. The smallest absolute Gasteiger partial charge is 0.241 e. The van der Waals surface area contributed by atoms with Gasteiger partial charge in [0, 0.05) is 23.2 Å². The average molecular weight is 470 g/mol. The van der Waals surface area contributed by atoms with Crippen molar-refractivity contribution in [3.63, 3.8) is 0 Å². The molecule has 158 valence electrons. The Balaban J connectivity index is 1.39. The van der Waals surface area contributed by atoms with E-state index in [0.717, 1.165) is 16.8 Å². The lowest BCUT2D eigenvalue weighted by atomic mass is 10.0. The predicted molar refractivity (Wildman–Crippen MR) is 125 cm³/mol. The van der Waals surface area contributed by atoms with Gasteiger partial charge in [-0.2, -0.15) is 11.3 Å². The minimum Gasteiger partial charge on any atom is -0.332 e. The number of rotatable bonds is 8. The SMILES string of the molecule is Cc1ccccc1C(=O)c1cnc(Nc2ccc(CNS(=O)(=O)c3ccsc3)cc2)s1. The molecule has 2 aromatic heterocycles. The van der Waals surface area contributed by atoms with Crippen molar-refractivity contribution in [3.05, 3.63) is 93.1 Å². The van der Waals surface area contributed by atoms with Crippen molar-refractivity contribution < 1.29 is 13.2 Å². The van der Waals surface area contributed by atoms with Gasteiger partial charge in [-0.15, -0.1) is 0 Å². The highest BCUT2D eigenvalue weighted by Gasteiger charge is 2.15. The van der Waals surface area contributed by atoms with E-state index in [1.807, 2.05) is 55.5 Å². The Labute approximate surface area is 188 Å². The number of nitrogens with zero attached hydrogens (tertiary/aromatic N) is 1. The van der Waals surface area contributed by atoms with Gasteiger partial charge >= 0.3 is 0 Å². The van der Waals surface area contributed by atoms with Crippen LogP contribution in [0.25, 0.3) is 0 Å². The Morgan fingerprint density at radius 3 is 2.55 bits per heavy atom. The standard InChI is InChI=1S/C22H19N3O3S3/c1-15-4-2-3-5-19(15)21(26)20-13-23-22(30-20)25-17-8-6-16(7-9-17)12-24-31(27,28)18-10-11-29-14-18/h2-11,13-14,24H,12H2,1H3,(H,23,25). The molecule has 31 heavy (non-hydrogen) atoms. The maximum atomic E-state index is 12.7. The molecule has 9 heteroatoms. The van der Waals surface area contributed by atoms with Gasteiger partial charge in [0.05, 0.1) is 16.0 Å². The molecule has 0 fully saturated rings. The zero-order valence-electron chi connectivity index (χ0n) is 16.5. The van der Waals surface area contributed by atoms with Crippen molar-refractivity contribution in [2.75, 3.05) is 5.32 Å². The summed E-state index contributed by atoms with van der Waals surface area (Å²) in [6.07, 6.45) is 1.58. The molecule has 4 rings (SSSR count). The molecule has 2 heterocycles. The van der Waals surface area contributed by atoms with Crippen molar-refractivity contribution in [3.8, 4) is 0 Å². The van der Waals surface area contributed by atoms with Crippen LogP contribution >= 0.6 is 22.7 Å². The lowest BCUT2D eigenvalue weighted by molar-refractivity contribution is 0.104. The number of hydrogen-bond acceptors (Lipinski definition) is 7. The first-order valence-corrected chi connectivity index (χ1v) is 12.6. The first-order valence-electron chi connectivity index (χ1n) is 9.36. The number of carbonyl (C=O) groups excluding carboxylic acids is 1. The molecule has 0 saturated heterocycles. The topological polar surface area (TPSA) is 88.2 Å². The summed E-state index contributed by atoms with van der Waals surface area (Å²) in [6, 6.07) is 16.4. The number of anilines is 2. The molecular formula is C22H19N3O3S3. The van der Waals surface area contributed by atoms with Crippen LogP contribution in [-0.4, -0.2) is 19.2 Å². The van der Waals surface area contributed by atoms with Crippen molar-refractivity contribution in [1.82, 2.24) is 9.71 Å². The second kappa shape index (κ2) is 9.11. The predicted octanol–water partition coefficient (Wildman–Crippen LogP) is 4.97. The quantitative estimate of drug-likeness (QED) is 0.356. The van der Waals surface area contributed by atoms with Gasteiger partial charge in [-0.25, -0.2) is 18.1 Å². The lowest BCUT2D eigenvalue weighted by Crippen LogP contribution is -2.22. The minimum atomic E-state index is -3.50. The number of ketones is 1. The number of thiazole rings is 1. The van der Waals surface area contributed by atoms with Crippen LogP contribution < -0.4 is 10.0 Å². The van der Waals surface area contributed by atoms with Crippen LogP contribution in [0, 0.1) is 6.92 Å². The van der Waals surface area contributed by atoms with Crippen molar-refractivity contribution in [2.24, 2.45) is 0 Å². The summed E-state index contributed by atoms with van der Waals surface area (Å²) in [6.45, 7) is 2.11. The lowest BCUT2D eigenvalue weighted by Gasteiger charge is -2.07. The number of sulfonamides is 1. The summed E-state index contributed by atoms with van der Waals surface area (Å²) in [5, 5.41) is 7.13. The van der Waals surface area contributed by atoms with E-state index in [0.29, 0.717) is 15.6 Å². The number of carbonyl (C=O) groups is 1. The highest BCUT2D eigenvalue weighted by molar-refractivity contribution is 7.89. The van der Waals surface area contributed by atoms with Gasteiger partial charge in [0.15, 0.2) is 5.13 Å². The molecule has 2 N–H and O–H groups in total. The molecule has 0 aliphatic carbocycles. The van der Waals surface area contributed by atoms with Gasteiger partial charge in [-0.05, 0) is 41.6 Å². The highest BCUT2D eigenvalue weighted by Crippen LogP contribution is 2.25. The maximum absolute atomic E-state index is 12.7. The van der Waals surface area contributed by atoms with E-state index in [1.165, 1.54) is 22.7 Å². The number of thiophene rings is 1. The Morgan fingerprint density at radius 2 is 1.84 bits per heavy atom. The van der Waals surface area contributed by atoms with Gasteiger partial charge < -0.3 is 5.32 Å². The summed E-state index contributed by atoms with van der Waals surface area (Å²) >= 11 is 2.63. The number of aryl methyl sites for hydroxylation is 1. The Kier molecular flexibility index (Phi) is 6.28. The number of hydrogen-bond donors (Lipinski definition) is 2. The second-order valence-electron chi connectivity index (χ2n) is 6.78. The van der Waals surface area contributed by atoms with Gasteiger partial charge in [-0.3, -0.25) is 4.79 Å². The summed E-state index contributed by atoms with van der Waals surface area (Å²) < 4.78 is 27.0. The van der Waals surface area contributed by atoms with E-state index in [1.54, 1.807) is 23.0 Å². The van der Waals surface area contributed by atoms with Gasteiger partial charge in [0.25, 0.3) is 0 Å². The largest absolute Gasteiger partial charge is 0.332 e. The molecule has 6 nitrogen and oxygen atoms in total. The zero-order valence-corrected chi connectivity index (χ0v) is 19.0. The monoisotopic (exact) mass is 469 g/mol. The maximum Gasteiger partial charge on any atom is 0.241 e. The number of nitrogens with one attached hydrogen (secondary N) is 2. The van der Waals surface area contributed by atoms with Crippen LogP contribution in [0.1, 0.15) is 26.4 Å². The molecular weight excluding hydrogens is 450 g/mol. The summed E-state index contributed by atoms with van der Waals surface area (Å²) in [7, 11) is -3.50. The van der Waals surface area contributed by atoms with E-state index in [4.69, 9.17) is 0 Å². The number of aromatic nitrogens is 1. The molecule has 2 aromatic carbocycles. The molecule has 0 atom stereocenters. The van der Waals surface area contributed by atoms with E-state index in [9.17, 15) is 13.2 Å². The molecule has 0 radical (unpaired) electrons. The van der Waals surface area contributed by atoms with Crippen molar-refractivity contribution in [2.45, 2.75) is 18.4 Å². The Hall–Kier alpha value is -2.85. The number of benzene rings is 2. The molecule has 0 aliphatic rings. The summed E-state index contributed by atoms with van der Waals surface area (Å²) in [5.41, 5.74) is 3.24. The van der Waals surface area contributed by atoms with Crippen LogP contribution in [0.15, 0.2) is 76.4 Å². The van der Waals surface area contributed by atoms with E-state index in [-0.39, 0.29) is 17.2 Å². The van der Waals surface area contributed by atoms with Crippen LogP contribution in [0.2, 0.25) is 0 Å².